The van der Waals surface area contributed by atoms with E-state index in [1.807, 2.05) is 66.9 Å². The highest BCUT2D eigenvalue weighted by atomic mass is 16.2. The molecule has 0 radical (unpaired) electrons. The molecule has 0 bridgehead atoms. The summed E-state index contributed by atoms with van der Waals surface area (Å²) < 4.78 is 1.85. The second-order valence-electron chi connectivity index (χ2n) is 7.32. The Bertz CT molecular complexity index is 1070. The third-order valence-corrected chi connectivity index (χ3v) is 5.32. The molecule has 0 saturated carbocycles. The zero-order valence-corrected chi connectivity index (χ0v) is 16.7. The lowest BCUT2D eigenvalue weighted by molar-refractivity contribution is 0.0686. The van der Waals surface area contributed by atoms with E-state index >= 15 is 0 Å². The van der Waals surface area contributed by atoms with Gasteiger partial charge in [0.2, 0.25) is 5.82 Å². The number of carbonyl (C=O) groups is 2. The van der Waals surface area contributed by atoms with Crippen LogP contribution in [0.4, 0.5) is 0 Å². The third kappa shape index (κ3) is 3.40. The van der Waals surface area contributed by atoms with Crippen LogP contribution in [0.3, 0.4) is 0 Å². The molecule has 0 aliphatic carbocycles. The molecular weight excluding hydrogens is 366 g/mol. The Morgan fingerprint density at radius 1 is 1.07 bits per heavy atom. The smallest absolute Gasteiger partial charge is 0.289 e. The number of aromatic nitrogens is 3. The highest BCUT2D eigenvalue weighted by Gasteiger charge is 2.34. The largest absolute Gasteiger partial charge is 0.352 e. The molecule has 0 spiro atoms. The van der Waals surface area contributed by atoms with Crippen LogP contribution in [0, 0.1) is 13.8 Å². The first-order valence-corrected chi connectivity index (χ1v) is 9.57. The predicted molar refractivity (Wildman–Crippen MR) is 109 cm³/mol. The van der Waals surface area contributed by atoms with E-state index in [9.17, 15) is 9.59 Å². The highest BCUT2D eigenvalue weighted by molar-refractivity contribution is 5.96. The number of hydrogen-bond donors (Lipinski definition) is 1. The summed E-state index contributed by atoms with van der Waals surface area (Å²) in [7, 11) is 1.57. The Hall–Kier alpha value is -3.48. The summed E-state index contributed by atoms with van der Waals surface area (Å²) in [5, 5.41) is 10.9. The maximum absolute atomic E-state index is 13.3. The number of amides is 2. The molecule has 1 unspecified atom stereocenters. The summed E-state index contributed by atoms with van der Waals surface area (Å²) in [5.74, 6) is 0.523. The predicted octanol–water partition coefficient (Wildman–Crippen LogP) is 2.50. The molecule has 148 valence electrons. The zero-order valence-electron chi connectivity index (χ0n) is 16.7. The third-order valence-electron chi connectivity index (χ3n) is 5.32. The Morgan fingerprint density at radius 2 is 1.83 bits per heavy atom. The topological polar surface area (TPSA) is 80.1 Å². The van der Waals surface area contributed by atoms with Crippen molar-refractivity contribution in [1.29, 1.82) is 0 Å². The molecule has 2 amide bonds. The Labute approximate surface area is 169 Å². The van der Waals surface area contributed by atoms with Gasteiger partial charge in [-0.15, -0.1) is 10.2 Å². The molecule has 7 nitrogen and oxygen atoms in total. The maximum atomic E-state index is 13.3. The minimum absolute atomic E-state index is 0.0424. The lowest BCUT2D eigenvalue weighted by Crippen LogP contribution is -2.43. The molecule has 1 aliphatic rings. The van der Waals surface area contributed by atoms with Crippen molar-refractivity contribution < 1.29 is 9.59 Å². The molecule has 1 aromatic heterocycles. The van der Waals surface area contributed by atoms with Crippen molar-refractivity contribution in [2.75, 3.05) is 13.6 Å². The van der Waals surface area contributed by atoms with Gasteiger partial charge in [0.05, 0.1) is 12.6 Å². The van der Waals surface area contributed by atoms with Crippen molar-refractivity contribution in [2.45, 2.75) is 26.4 Å². The SMILES string of the molecule is CNC(=O)c1nnc2n1C(c1ccccc1)CN(C(=O)c1ccc(C)cc1C)C2. The molecule has 0 fully saturated rings. The number of carbonyl (C=O) groups excluding carboxylic acids is 2. The standard InChI is InChI=1S/C22H23N5O2/c1-14-9-10-17(15(2)11-14)22(29)26-12-18(16-7-5-4-6-8-16)27-19(13-26)24-25-20(27)21(28)23-3/h4-11,18H,12-13H2,1-3H3,(H,23,28). The van der Waals surface area contributed by atoms with Crippen molar-refractivity contribution in [1.82, 2.24) is 25.0 Å². The number of nitrogens with one attached hydrogen (secondary N) is 1. The van der Waals surface area contributed by atoms with Crippen LogP contribution in [-0.4, -0.2) is 45.1 Å². The van der Waals surface area contributed by atoms with Crippen molar-refractivity contribution in [3.05, 3.63) is 82.4 Å². The second kappa shape index (κ2) is 7.50. The zero-order chi connectivity index (χ0) is 20.5. The molecule has 3 aromatic rings. The van der Waals surface area contributed by atoms with Gasteiger partial charge in [0.25, 0.3) is 11.8 Å². The molecule has 29 heavy (non-hydrogen) atoms. The van der Waals surface area contributed by atoms with Crippen molar-refractivity contribution in [3.8, 4) is 0 Å². The van der Waals surface area contributed by atoms with E-state index in [0.29, 0.717) is 24.5 Å². The van der Waals surface area contributed by atoms with Crippen LogP contribution < -0.4 is 5.32 Å². The van der Waals surface area contributed by atoms with Crippen molar-refractivity contribution in [2.24, 2.45) is 0 Å². The molecule has 2 aromatic carbocycles. The summed E-state index contributed by atoms with van der Waals surface area (Å²) >= 11 is 0. The van der Waals surface area contributed by atoms with E-state index in [0.717, 1.165) is 16.7 Å². The first kappa shape index (κ1) is 18.9. The van der Waals surface area contributed by atoms with Crippen molar-refractivity contribution >= 4 is 11.8 Å². The van der Waals surface area contributed by atoms with Gasteiger partial charge >= 0.3 is 0 Å². The average molecular weight is 389 g/mol. The first-order chi connectivity index (χ1) is 14.0. The van der Waals surface area contributed by atoms with Gasteiger partial charge in [-0.3, -0.25) is 14.2 Å². The fourth-order valence-electron chi connectivity index (χ4n) is 3.86. The van der Waals surface area contributed by atoms with Crippen LogP contribution in [0.5, 0.6) is 0 Å². The van der Waals surface area contributed by atoms with Gasteiger partial charge in [-0.25, -0.2) is 0 Å². The van der Waals surface area contributed by atoms with E-state index in [2.05, 4.69) is 15.5 Å². The molecule has 1 N–H and O–H groups in total. The first-order valence-electron chi connectivity index (χ1n) is 9.57. The molecule has 0 saturated heterocycles. The van der Waals surface area contributed by atoms with Crippen LogP contribution in [0.15, 0.2) is 48.5 Å². The van der Waals surface area contributed by atoms with Gasteiger partial charge < -0.3 is 10.2 Å². The van der Waals surface area contributed by atoms with E-state index < -0.39 is 0 Å². The number of hydrogen-bond acceptors (Lipinski definition) is 4. The summed E-state index contributed by atoms with van der Waals surface area (Å²) in [6.07, 6.45) is 0. The second-order valence-corrected chi connectivity index (χ2v) is 7.32. The van der Waals surface area contributed by atoms with E-state index in [1.165, 1.54) is 0 Å². The molecule has 4 rings (SSSR count). The van der Waals surface area contributed by atoms with Gasteiger partial charge in [0.15, 0.2) is 5.82 Å². The number of nitrogens with zero attached hydrogens (tertiary/aromatic N) is 4. The lowest BCUT2D eigenvalue weighted by atomic mass is 10.0. The summed E-state index contributed by atoms with van der Waals surface area (Å²) in [6, 6.07) is 15.4. The van der Waals surface area contributed by atoms with Gasteiger partial charge in [0, 0.05) is 19.2 Å². The summed E-state index contributed by atoms with van der Waals surface area (Å²) in [5.41, 5.74) is 3.75. The van der Waals surface area contributed by atoms with Crippen molar-refractivity contribution in [3.63, 3.8) is 0 Å². The highest BCUT2D eigenvalue weighted by Crippen LogP contribution is 2.29. The van der Waals surface area contributed by atoms with Crippen LogP contribution in [0.2, 0.25) is 0 Å². The van der Waals surface area contributed by atoms with Gasteiger partial charge in [-0.2, -0.15) is 0 Å². The maximum Gasteiger partial charge on any atom is 0.289 e. The fraction of sp³-hybridized carbons (Fsp3) is 0.273. The minimum atomic E-state index is -0.293. The quantitative estimate of drug-likeness (QED) is 0.746. The fourth-order valence-corrected chi connectivity index (χ4v) is 3.86. The Balaban J connectivity index is 1.76. The summed E-state index contributed by atoms with van der Waals surface area (Å²) in [4.78, 5) is 27.4. The molecular formula is C22H23N5O2. The summed E-state index contributed by atoms with van der Waals surface area (Å²) in [6.45, 7) is 4.70. The minimum Gasteiger partial charge on any atom is -0.352 e. The molecule has 1 aliphatic heterocycles. The van der Waals surface area contributed by atoms with Crippen LogP contribution in [-0.2, 0) is 6.54 Å². The van der Waals surface area contributed by atoms with E-state index in [4.69, 9.17) is 0 Å². The average Bonchev–Trinajstić information content (AvgIpc) is 3.17. The lowest BCUT2D eigenvalue weighted by Gasteiger charge is -2.34. The van der Waals surface area contributed by atoms with Gasteiger partial charge in [-0.05, 0) is 31.0 Å². The molecule has 2 heterocycles. The van der Waals surface area contributed by atoms with Gasteiger partial charge in [-0.1, -0.05) is 48.0 Å². The number of aryl methyl sites for hydroxylation is 2. The Morgan fingerprint density at radius 3 is 2.52 bits per heavy atom. The van der Waals surface area contributed by atoms with Crippen LogP contribution in [0.1, 0.15) is 49.5 Å². The number of benzene rings is 2. The number of fused-ring (bicyclic) bond motifs is 1. The van der Waals surface area contributed by atoms with E-state index in [-0.39, 0.29) is 23.7 Å². The number of rotatable bonds is 3. The molecule has 7 heteroatoms. The Kier molecular flexibility index (Phi) is 4.88. The normalized spacial score (nSPS) is 15.7. The van der Waals surface area contributed by atoms with Crippen LogP contribution >= 0.6 is 0 Å². The van der Waals surface area contributed by atoms with E-state index in [1.54, 1.807) is 11.9 Å². The monoisotopic (exact) mass is 389 g/mol. The van der Waals surface area contributed by atoms with Crippen LogP contribution in [0.25, 0.3) is 0 Å². The molecule has 1 atom stereocenters. The van der Waals surface area contributed by atoms with Gasteiger partial charge in [0.1, 0.15) is 0 Å².